The first-order valence-corrected chi connectivity index (χ1v) is 10.8. The molecule has 0 saturated carbocycles. The van der Waals surface area contributed by atoms with Crippen molar-refractivity contribution in [2.75, 3.05) is 13.1 Å². The van der Waals surface area contributed by atoms with Gasteiger partial charge in [-0.1, -0.05) is 54.5 Å². The van der Waals surface area contributed by atoms with E-state index < -0.39 is 17.1 Å². The van der Waals surface area contributed by atoms with Crippen molar-refractivity contribution in [2.24, 2.45) is 0 Å². The van der Waals surface area contributed by atoms with E-state index in [2.05, 4.69) is 23.7 Å². The summed E-state index contributed by atoms with van der Waals surface area (Å²) in [5, 5.41) is 11.1. The smallest absolute Gasteiger partial charge is 0.301 e. The monoisotopic (exact) mass is 453 g/mol. The lowest BCUT2D eigenvalue weighted by molar-refractivity contribution is 0.0975. The van der Waals surface area contributed by atoms with Crippen molar-refractivity contribution in [3.63, 3.8) is 0 Å². The molecule has 3 aromatic rings. The molecule has 154 valence electrons. The van der Waals surface area contributed by atoms with E-state index in [1.807, 2.05) is 0 Å². The second-order valence-electron chi connectivity index (χ2n) is 6.60. The first-order valence-electron chi connectivity index (χ1n) is 9.27. The van der Waals surface area contributed by atoms with Crippen molar-refractivity contribution >= 4 is 45.3 Å². The molecule has 0 aliphatic carbocycles. The van der Waals surface area contributed by atoms with Crippen LogP contribution in [0.2, 0.25) is 10.0 Å². The molecule has 0 bridgehead atoms. The molecule has 1 N–H and O–H groups in total. The summed E-state index contributed by atoms with van der Waals surface area (Å²) in [7, 11) is 0. The molecule has 0 radical (unpaired) electrons. The minimum Gasteiger partial charge on any atom is -0.501 e. The van der Waals surface area contributed by atoms with Crippen LogP contribution >= 0.6 is 34.5 Å². The highest BCUT2D eigenvalue weighted by molar-refractivity contribution is 7.17. The van der Waals surface area contributed by atoms with Gasteiger partial charge in [-0.15, -0.1) is 0 Å². The maximum Gasteiger partial charge on any atom is 0.301 e. The van der Waals surface area contributed by atoms with Crippen LogP contribution < -0.4 is 5.56 Å². The third-order valence-electron chi connectivity index (χ3n) is 4.72. The number of fused-ring (bicyclic) bond motifs is 1. The van der Waals surface area contributed by atoms with Crippen molar-refractivity contribution in [2.45, 2.75) is 33.2 Å². The zero-order chi connectivity index (χ0) is 21.1. The van der Waals surface area contributed by atoms with Gasteiger partial charge in [0.1, 0.15) is 0 Å². The maximum atomic E-state index is 12.6. The van der Waals surface area contributed by atoms with Crippen molar-refractivity contribution in [3.8, 4) is 5.75 Å². The molecule has 2 heterocycles. The Labute approximate surface area is 182 Å². The number of nitrogens with zero attached hydrogens (tertiary/aromatic N) is 3. The highest BCUT2D eigenvalue weighted by atomic mass is 35.5. The van der Waals surface area contributed by atoms with Crippen molar-refractivity contribution in [3.05, 3.63) is 60.9 Å². The van der Waals surface area contributed by atoms with Crippen LogP contribution in [0, 0.1) is 0 Å². The molecule has 0 aliphatic heterocycles. The number of hydrogen-bond donors (Lipinski definition) is 1. The number of aromatic nitrogens is 2. The fourth-order valence-corrected chi connectivity index (χ4v) is 4.32. The minimum absolute atomic E-state index is 0.0891. The van der Waals surface area contributed by atoms with Crippen molar-refractivity contribution < 1.29 is 9.90 Å². The average Bonchev–Trinajstić information content (AvgIpc) is 3.12. The van der Waals surface area contributed by atoms with E-state index in [1.54, 1.807) is 24.4 Å². The van der Waals surface area contributed by atoms with E-state index in [9.17, 15) is 14.7 Å². The molecule has 0 unspecified atom stereocenters. The molecule has 0 aliphatic rings. The molecule has 2 aromatic heterocycles. The predicted molar refractivity (Wildman–Crippen MR) is 117 cm³/mol. The topological polar surface area (TPSA) is 74.9 Å². The summed E-state index contributed by atoms with van der Waals surface area (Å²) in [5.41, 5.74) is 0.0175. The van der Waals surface area contributed by atoms with E-state index in [0.717, 1.165) is 23.5 Å². The number of Topliss-reactive ketones (excluding diaryl/α,β-unsaturated/α-hetero) is 1. The highest BCUT2D eigenvalue weighted by Crippen LogP contribution is 2.24. The molecule has 0 spiro atoms. The normalized spacial score (nSPS) is 11.5. The summed E-state index contributed by atoms with van der Waals surface area (Å²) in [4.78, 5) is 33.0. The summed E-state index contributed by atoms with van der Waals surface area (Å²) in [5.74, 6) is -1.01. The molecule has 1 aromatic carbocycles. The Morgan fingerprint density at radius 2 is 1.97 bits per heavy atom. The van der Waals surface area contributed by atoms with Crippen LogP contribution in [-0.2, 0) is 13.0 Å². The van der Waals surface area contributed by atoms with Gasteiger partial charge in [-0.2, -0.15) is 0 Å². The Kier molecular flexibility index (Phi) is 6.95. The predicted octanol–water partition coefficient (Wildman–Crippen LogP) is 4.43. The standard InChI is InChI=1S/C20H21Cl2N3O3S/c1-3-24(4-2)10-13-11-25-19(28)18(27)17(23-20(25)29-13)16(26)8-6-12-5-7-14(21)15(22)9-12/h5,7,9,11,27H,3-4,6,8,10H2,1-2H3. The Hall–Kier alpha value is -1.93. The van der Waals surface area contributed by atoms with Crippen LogP contribution in [0.5, 0.6) is 5.75 Å². The SMILES string of the molecule is CCN(CC)Cc1cn2c(=O)c(O)c(C(=O)CCc3ccc(Cl)c(Cl)c3)nc2s1. The van der Waals surface area contributed by atoms with Gasteiger partial charge in [0.25, 0.3) is 0 Å². The Morgan fingerprint density at radius 1 is 1.24 bits per heavy atom. The largest absolute Gasteiger partial charge is 0.501 e. The van der Waals surface area contributed by atoms with E-state index >= 15 is 0 Å². The zero-order valence-corrected chi connectivity index (χ0v) is 18.4. The van der Waals surface area contributed by atoms with Gasteiger partial charge in [-0.25, -0.2) is 4.98 Å². The lowest BCUT2D eigenvalue weighted by atomic mass is 10.1. The van der Waals surface area contributed by atoms with E-state index in [0.29, 0.717) is 28.0 Å². The highest BCUT2D eigenvalue weighted by Gasteiger charge is 2.20. The maximum absolute atomic E-state index is 12.6. The fraction of sp³-hybridized carbons (Fsp3) is 0.350. The fourth-order valence-electron chi connectivity index (χ4n) is 2.98. The summed E-state index contributed by atoms with van der Waals surface area (Å²) in [6.07, 6.45) is 2.16. The van der Waals surface area contributed by atoms with Gasteiger partial charge in [0.05, 0.1) is 10.0 Å². The molecule has 0 fully saturated rings. The van der Waals surface area contributed by atoms with Crippen molar-refractivity contribution in [1.82, 2.24) is 14.3 Å². The van der Waals surface area contributed by atoms with Gasteiger partial charge in [0, 0.05) is 24.0 Å². The lowest BCUT2D eigenvalue weighted by Crippen LogP contribution is -2.21. The number of thiazole rings is 1. The van der Waals surface area contributed by atoms with Crippen LogP contribution in [0.3, 0.4) is 0 Å². The van der Waals surface area contributed by atoms with E-state index in [-0.39, 0.29) is 12.1 Å². The number of aromatic hydroxyl groups is 1. The number of hydrogen-bond acceptors (Lipinski definition) is 6. The van der Waals surface area contributed by atoms with Gasteiger partial charge in [0.15, 0.2) is 16.4 Å². The van der Waals surface area contributed by atoms with Gasteiger partial charge < -0.3 is 5.11 Å². The third-order valence-corrected chi connectivity index (χ3v) is 6.42. The molecule has 3 rings (SSSR count). The second-order valence-corrected chi connectivity index (χ2v) is 8.51. The molecule has 0 amide bonds. The molecule has 9 heteroatoms. The summed E-state index contributed by atoms with van der Waals surface area (Å²) in [6, 6.07) is 5.15. The van der Waals surface area contributed by atoms with Crippen LogP contribution in [0.15, 0.2) is 29.2 Å². The number of rotatable bonds is 8. The quantitative estimate of drug-likeness (QED) is 0.510. The van der Waals surface area contributed by atoms with Gasteiger partial charge >= 0.3 is 5.56 Å². The summed E-state index contributed by atoms with van der Waals surface area (Å²) in [6.45, 7) is 6.59. The average molecular weight is 454 g/mol. The van der Waals surface area contributed by atoms with E-state index in [4.69, 9.17) is 23.2 Å². The number of halogens is 2. The van der Waals surface area contributed by atoms with Crippen LogP contribution in [0.4, 0.5) is 0 Å². The number of aryl methyl sites for hydroxylation is 1. The molecule has 0 saturated heterocycles. The summed E-state index contributed by atoms with van der Waals surface area (Å²) < 4.78 is 1.30. The molecular formula is C20H21Cl2N3O3S. The van der Waals surface area contributed by atoms with Crippen LogP contribution in [0.25, 0.3) is 4.96 Å². The zero-order valence-electron chi connectivity index (χ0n) is 16.1. The van der Waals surface area contributed by atoms with Crippen molar-refractivity contribution in [1.29, 1.82) is 0 Å². The molecule has 6 nitrogen and oxygen atoms in total. The van der Waals surface area contributed by atoms with Gasteiger partial charge in [-0.3, -0.25) is 18.9 Å². The Morgan fingerprint density at radius 3 is 2.62 bits per heavy atom. The molecule has 0 atom stereocenters. The number of carbonyl (C=O) groups is 1. The lowest BCUT2D eigenvalue weighted by Gasteiger charge is -2.15. The first-order chi connectivity index (χ1) is 13.8. The van der Waals surface area contributed by atoms with E-state index in [1.165, 1.54) is 15.7 Å². The first kappa shape index (κ1) is 21.8. The Bertz CT molecular complexity index is 1110. The van der Waals surface area contributed by atoms with Crippen LogP contribution in [0.1, 0.15) is 41.2 Å². The number of ketones is 1. The van der Waals surface area contributed by atoms with Crippen LogP contribution in [-0.4, -0.2) is 38.3 Å². The Balaban J connectivity index is 1.84. The number of benzene rings is 1. The molecule has 29 heavy (non-hydrogen) atoms. The molecular weight excluding hydrogens is 433 g/mol. The number of carbonyl (C=O) groups excluding carboxylic acids is 1. The second kappa shape index (κ2) is 9.26. The summed E-state index contributed by atoms with van der Waals surface area (Å²) >= 11 is 13.2. The van der Waals surface area contributed by atoms with Gasteiger partial charge in [-0.05, 0) is 37.2 Å². The third kappa shape index (κ3) is 4.80. The van der Waals surface area contributed by atoms with Gasteiger partial charge in [0.2, 0.25) is 5.75 Å². The minimum atomic E-state index is -0.630.